The largest absolute Gasteiger partial charge is 0.277 e. The number of benzene rings is 1. The van der Waals surface area contributed by atoms with Gasteiger partial charge in [-0.05, 0) is 36.5 Å². The summed E-state index contributed by atoms with van der Waals surface area (Å²) in [6, 6.07) is 12.9. The lowest BCUT2D eigenvalue weighted by atomic mass is 9.92. The van der Waals surface area contributed by atoms with Crippen LogP contribution in [0.15, 0.2) is 41.2 Å². The Bertz CT molecular complexity index is 767. The number of hydrogen-bond acceptors (Lipinski definition) is 3. The fraction of sp³-hybridized carbons (Fsp3) is 0.524. The highest BCUT2D eigenvalue weighted by molar-refractivity contribution is 5.22. The minimum Gasteiger partial charge on any atom is -0.277 e. The Labute approximate surface area is 150 Å². The molecule has 0 aliphatic heterocycles. The smallest absolute Gasteiger partial charge is 0.267 e. The third-order valence-electron chi connectivity index (χ3n) is 4.83. The average Bonchev–Trinajstić information content (AvgIpc) is 3.40. The van der Waals surface area contributed by atoms with Crippen LogP contribution >= 0.6 is 0 Å². The van der Waals surface area contributed by atoms with Gasteiger partial charge in [0.15, 0.2) is 0 Å². The van der Waals surface area contributed by atoms with Crippen molar-refractivity contribution in [1.82, 2.24) is 14.7 Å². The molecule has 4 nitrogen and oxygen atoms in total. The topological polar surface area (TPSA) is 38.1 Å². The highest BCUT2D eigenvalue weighted by Gasteiger charge is 2.29. The molecule has 0 unspecified atom stereocenters. The van der Waals surface area contributed by atoms with Crippen LogP contribution in [0, 0.1) is 0 Å². The Kier molecular flexibility index (Phi) is 5.09. The van der Waals surface area contributed by atoms with Crippen molar-refractivity contribution in [2.75, 3.05) is 0 Å². The molecule has 1 aromatic carbocycles. The lowest BCUT2D eigenvalue weighted by Crippen LogP contribution is -2.36. The van der Waals surface area contributed by atoms with Crippen LogP contribution < -0.4 is 5.56 Å². The summed E-state index contributed by atoms with van der Waals surface area (Å²) in [7, 11) is 0. The van der Waals surface area contributed by atoms with Gasteiger partial charge < -0.3 is 0 Å². The van der Waals surface area contributed by atoms with Gasteiger partial charge in [0, 0.05) is 24.1 Å². The van der Waals surface area contributed by atoms with Crippen LogP contribution in [0.4, 0.5) is 0 Å². The molecule has 0 bridgehead atoms. The van der Waals surface area contributed by atoms with E-state index in [0.717, 1.165) is 18.7 Å². The zero-order valence-corrected chi connectivity index (χ0v) is 15.8. The second-order valence-corrected chi connectivity index (χ2v) is 8.10. The van der Waals surface area contributed by atoms with Gasteiger partial charge in [-0.25, -0.2) is 4.68 Å². The molecule has 2 aromatic rings. The van der Waals surface area contributed by atoms with E-state index in [2.05, 4.69) is 62.0 Å². The van der Waals surface area contributed by atoms with Crippen molar-refractivity contribution in [2.45, 2.75) is 71.6 Å². The molecule has 1 heterocycles. The molecule has 0 saturated heterocycles. The Hall–Kier alpha value is -1.94. The predicted molar refractivity (Wildman–Crippen MR) is 102 cm³/mol. The Morgan fingerprint density at radius 1 is 1.08 bits per heavy atom. The van der Waals surface area contributed by atoms with Crippen molar-refractivity contribution < 1.29 is 0 Å². The molecule has 0 amide bonds. The number of nitrogens with zero attached hydrogens (tertiary/aromatic N) is 3. The minimum atomic E-state index is -0.0597. The zero-order valence-electron chi connectivity index (χ0n) is 15.8. The molecule has 4 heteroatoms. The van der Waals surface area contributed by atoms with E-state index in [1.807, 2.05) is 6.07 Å². The third kappa shape index (κ3) is 4.57. The van der Waals surface area contributed by atoms with Crippen molar-refractivity contribution in [3.05, 3.63) is 63.6 Å². The highest BCUT2D eigenvalue weighted by Crippen LogP contribution is 2.28. The molecule has 134 valence electrons. The Morgan fingerprint density at radius 2 is 1.72 bits per heavy atom. The summed E-state index contributed by atoms with van der Waals surface area (Å²) in [5.74, 6) is 0. The first-order chi connectivity index (χ1) is 11.9. The maximum atomic E-state index is 12.3. The van der Waals surface area contributed by atoms with Crippen molar-refractivity contribution in [3.8, 4) is 0 Å². The van der Waals surface area contributed by atoms with Crippen LogP contribution in [0.1, 0.15) is 57.4 Å². The van der Waals surface area contributed by atoms with Gasteiger partial charge in [-0.2, -0.15) is 5.10 Å². The van der Waals surface area contributed by atoms with Crippen LogP contribution in [-0.4, -0.2) is 20.7 Å². The van der Waals surface area contributed by atoms with Gasteiger partial charge in [-0.15, -0.1) is 0 Å². The zero-order chi connectivity index (χ0) is 18.0. The van der Waals surface area contributed by atoms with Crippen LogP contribution in [0.2, 0.25) is 0 Å². The molecular weight excluding hydrogens is 310 g/mol. The lowest BCUT2D eigenvalue weighted by Gasteiger charge is -2.24. The van der Waals surface area contributed by atoms with Gasteiger partial charge in [0.05, 0.1) is 12.4 Å². The Balaban J connectivity index is 1.79. The standard InChI is InChI=1S/C21H29N3O/c1-5-16-6-8-17(9-7-16)14-23(18-10-11-18)15-24-20(25)13-12-19(22-24)21(2,3)4/h6-9,12-13,18H,5,10-11,14-15H2,1-4H3. The van der Waals surface area contributed by atoms with Gasteiger partial charge in [0.25, 0.3) is 5.56 Å². The third-order valence-corrected chi connectivity index (χ3v) is 4.83. The van der Waals surface area contributed by atoms with Crippen molar-refractivity contribution in [1.29, 1.82) is 0 Å². The second kappa shape index (κ2) is 7.12. The molecule has 1 aliphatic carbocycles. The maximum Gasteiger partial charge on any atom is 0.267 e. The Morgan fingerprint density at radius 3 is 2.28 bits per heavy atom. The van der Waals surface area contributed by atoms with E-state index in [4.69, 9.17) is 0 Å². The molecule has 25 heavy (non-hydrogen) atoms. The minimum absolute atomic E-state index is 0.0278. The molecule has 0 radical (unpaired) electrons. The van der Waals surface area contributed by atoms with Crippen LogP contribution in [-0.2, 0) is 25.0 Å². The van der Waals surface area contributed by atoms with Crippen molar-refractivity contribution in [2.24, 2.45) is 0 Å². The SMILES string of the molecule is CCc1ccc(CN(Cn2nc(C(C)(C)C)ccc2=O)C2CC2)cc1. The van der Waals surface area contributed by atoms with E-state index in [0.29, 0.717) is 12.7 Å². The number of aromatic nitrogens is 2. The molecule has 1 aromatic heterocycles. The normalized spacial score (nSPS) is 14.9. The summed E-state index contributed by atoms with van der Waals surface area (Å²) in [5.41, 5.74) is 3.52. The summed E-state index contributed by atoms with van der Waals surface area (Å²) in [4.78, 5) is 14.7. The molecule has 1 aliphatic rings. The fourth-order valence-corrected chi connectivity index (χ4v) is 2.97. The number of aryl methyl sites for hydroxylation is 1. The van der Waals surface area contributed by atoms with Gasteiger partial charge in [0.2, 0.25) is 0 Å². The van der Waals surface area contributed by atoms with E-state index in [-0.39, 0.29) is 11.0 Å². The van der Waals surface area contributed by atoms with Crippen LogP contribution in [0.5, 0.6) is 0 Å². The quantitative estimate of drug-likeness (QED) is 0.805. The lowest BCUT2D eigenvalue weighted by molar-refractivity contribution is 0.182. The van der Waals surface area contributed by atoms with E-state index in [1.165, 1.54) is 24.0 Å². The number of hydrogen-bond donors (Lipinski definition) is 0. The fourth-order valence-electron chi connectivity index (χ4n) is 2.97. The molecule has 0 spiro atoms. The van der Waals surface area contributed by atoms with Crippen LogP contribution in [0.25, 0.3) is 0 Å². The van der Waals surface area contributed by atoms with Gasteiger partial charge in [0.1, 0.15) is 0 Å². The molecule has 1 fully saturated rings. The second-order valence-electron chi connectivity index (χ2n) is 8.10. The molecule has 3 rings (SSSR count). The van der Waals surface area contributed by atoms with E-state index >= 15 is 0 Å². The maximum absolute atomic E-state index is 12.3. The van der Waals surface area contributed by atoms with E-state index in [1.54, 1.807) is 10.7 Å². The molecule has 0 atom stereocenters. The van der Waals surface area contributed by atoms with E-state index in [9.17, 15) is 4.79 Å². The van der Waals surface area contributed by atoms with Gasteiger partial charge >= 0.3 is 0 Å². The van der Waals surface area contributed by atoms with Gasteiger partial charge in [-0.1, -0.05) is 52.0 Å². The summed E-state index contributed by atoms with van der Waals surface area (Å²) in [5, 5.41) is 4.63. The average molecular weight is 339 g/mol. The molecule has 0 N–H and O–H groups in total. The summed E-state index contributed by atoms with van der Waals surface area (Å²) in [6.45, 7) is 9.96. The molecular formula is C21H29N3O. The monoisotopic (exact) mass is 339 g/mol. The summed E-state index contributed by atoms with van der Waals surface area (Å²) < 4.78 is 1.62. The van der Waals surface area contributed by atoms with Crippen molar-refractivity contribution >= 4 is 0 Å². The predicted octanol–water partition coefficient (Wildman–Crippen LogP) is 3.73. The van der Waals surface area contributed by atoms with Crippen molar-refractivity contribution in [3.63, 3.8) is 0 Å². The number of rotatable bonds is 6. The first-order valence-electron chi connectivity index (χ1n) is 9.27. The highest BCUT2D eigenvalue weighted by atomic mass is 16.1. The molecule has 1 saturated carbocycles. The first kappa shape index (κ1) is 17.9. The van der Waals surface area contributed by atoms with Crippen LogP contribution in [0.3, 0.4) is 0 Å². The summed E-state index contributed by atoms with van der Waals surface area (Å²) in [6.07, 6.45) is 3.48. The first-order valence-corrected chi connectivity index (χ1v) is 9.27. The van der Waals surface area contributed by atoms with E-state index < -0.39 is 0 Å². The van der Waals surface area contributed by atoms with Gasteiger partial charge in [-0.3, -0.25) is 9.69 Å². The summed E-state index contributed by atoms with van der Waals surface area (Å²) >= 11 is 0.